The smallest absolute Gasteiger partial charge is 0.254 e. The number of fused-ring (bicyclic) bond motifs is 9. The monoisotopic (exact) mass is 511 g/mol. The van der Waals surface area contributed by atoms with Gasteiger partial charge in [-0.05, 0) is 43.2 Å². The average Bonchev–Trinajstić information content (AvgIpc) is 2.88. The van der Waals surface area contributed by atoms with Crippen molar-refractivity contribution in [2.24, 2.45) is 0 Å². The van der Waals surface area contributed by atoms with Gasteiger partial charge in [-0.1, -0.05) is 17.7 Å². The Balaban J connectivity index is 1.50. The molecule has 6 bridgehead atoms. The van der Waals surface area contributed by atoms with Crippen molar-refractivity contribution < 1.29 is 18.7 Å². The predicted molar refractivity (Wildman–Crippen MR) is 136 cm³/mol. The quantitative estimate of drug-likeness (QED) is 0.495. The van der Waals surface area contributed by atoms with E-state index in [4.69, 9.17) is 21.1 Å². The fourth-order valence-electron chi connectivity index (χ4n) is 4.36. The molecule has 3 aromatic rings. The van der Waals surface area contributed by atoms with Crippen molar-refractivity contribution in [2.45, 2.75) is 19.4 Å². The van der Waals surface area contributed by atoms with Crippen LogP contribution in [0.25, 0.3) is 11.3 Å². The number of carbonyl (C=O) groups excluding carboxylic acids is 1. The van der Waals surface area contributed by atoms with Crippen molar-refractivity contribution in [1.82, 2.24) is 15.3 Å². The SMILES string of the molecule is O=C1NCCCCOCc2cc(cc(Cl)c2N2CCOCC2)Nc2nccc(n2)-c2ccc1c(F)c2. The molecule has 2 aromatic carbocycles. The van der Waals surface area contributed by atoms with Gasteiger partial charge in [-0.15, -0.1) is 0 Å². The van der Waals surface area contributed by atoms with Gasteiger partial charge in [0, 0.05) is 49.3 Å². The third-order valence-electron chi connectivity index (χ3n) is 6.15. The summed E-state index contributed by atoms with van der Waals surface area (Å²) in [5.41, 5.74) is 3.68. The molecule has 3 aliphatic rings. The van der Waals surface area contributed by atoms with E-state index in [9.17, 15) is 9.18 Å². The largest absolute Gasteiger partial charge is 0.378 e. The number of halogens is 2. The highest BCUT2D eigenvalue weighted by Gasteiger charge is 2.20. The standard InChI is InChI=1S/C26H27ClFN5O3/c27-21-15-19-13-18(24(21)33-8-11-35-12-9-33)16-36-10-2-1-6-29-25(34)20-4-3-17(14-22(20)28)23-5-7-30-26(31-19)32-23/h3-5,7,13-15H,1-2,6,8-12,16H2,(H,29,34)(H,30,31,32). The van der Waals surface area contributed by atoms with E-state index in [0.29, 0.717) is 61.6 Å². The summed E-state index contributed by atoms with van der Waals surface area (Å²) in [4.78, 5) is 23.5. The lowest BCUT2D eigenvalue weighted by Crippen LogP contribution is -2.37. The molecule has 188 valence electrons. The number of carbonyl (C=O) groups is 1. The van der Waals surface area contributed by atoms with Crippen molar-refractivity contribution in [3.05, 3.63) is 64.6 Å². The number of ether oxygens (including phenoxy) is 2. The summed E-state index contributed by atoms with van der Waals surface area (Å²) in [6.45, 7) is 4.11. The van der Waals surface area contributed by atoms with Crippen LogP contribution in [0.5, 0.6) is 0 Å². The van der Waals surface area contributed by atoms with Crippen LogP contribution in [-0.2, 0) is 16.1 Å². The first-order chi connectivity index (χ1) is 17.6. The molecule has 1 aromatic heterocycles. The highest BCUT2D eigenvalue weighted by molar-refractivity contribution is 6.33. The molecule has 0 unspecified atom stereocenters. The first-order valence-corrected chi connectivity index (χ1v) is 12.4. The number of anilines is 3. The molecule has 1 amide bonds. The third-order valence-corrected chi connectivity index (χ3v) is 6.44. The van der Waals surface area contributed by atoms with Crippen molar-refractivity contribution in [3.8, 4) is 11.3 Å². The minimum atomic E-state index is -0.602. The van der Waals surface area contributed by atoms with Crippen LogP contribution in [-0.4, -0.2) is 55.3 Å². The van der Waals surface area contributed by atoms with Gasteiger partial charge < -0.3 is 25.0 Å². The van der Waals surface area contributed by atoms with Gasteiger partial charge in [-0.25, -0.2) is 14.4 Å². The van der Waals surface area contributed by atoms with Gasteiger partial charge in [0.05, 0.1) is 41.8 Å². The molecule has 10 heteroatoms. The van der Waals surface area contributed by atoms with Crippen LogP contribution in [0.4, 0.5) is 21.7 Å². The molecule has 4 heterocycles. The topological polar surface area (TPSA) is 88.6 Å². The third kappa shape index (κ3) is 5.59. The van der Waals surface area contributed by atoms with E-state index in [2.05, 4.69) is 25.5 Å². The minimum Gasteiger partial charge on any atom is -0.378 e. The molecule has 0 saturated carbocycles. The van der Waals surface area contributed by atoms with E-state index in [-0.39, 0.29) is 5.56 Å². The van der Waals surface area contributed by atoms with Crippen LogP contribution in [0.3, 0.4) is 0 Å². The van der Waals surface area contributed by atoms with Crippen molar-refractivity contribution in [2.75, 3.05) is 49.7 Å². The van der Waals surface area contributed by atoms with Crippen molar-refractivity contribution in [1.29, 1.82) is 0 Å². The number of hydrogen-bond acceptors (Lipinski definition) is 7. The van der Waals surface area contributed by atoms with Crippen LogP contribution in [0.1, 0.15) is 28.8 Å². The molecular weight excluding hydrogens is 485 g/mol. The number of nitrogens with zero attached hydrogens (tertiary/aromatic N) is 3. The normalized spacial score (nSPS) is 16.9. The van der Waals surface area contributed by atoms with Crippen LogP contribution in [0.2, 0.25) is 5.02 Å². The zero-order chi connectivity index (χ0) is 24.9. The fraction of sp³-hybridized carbons (Fsp3) is 0.346. The summed E-state index contributed by atoms with van der Waals surface area (Å²) in [5, 5.41) is 6.60. The number of nitrogens with one attached hydrogen (secondary N) is 2. The van der Waals surface area contributed by atoms with Gasteiger partial charge in [0.25, 0.3) is 5.91 Å². The van der Waals surface area contributed by atoms with E-state index in [1.54, 1.807) is 18.3 Å². The Morgan fingerprint density at radius 3 is 2.72 bits per heavy atom. The molecule has 0 radical (unpaired) electrons. The lowest BCUT2D eigenvalue weighted by atomic mass is 10.1. The predicted octanol–water partition coefficient (Wildman–Crippen LogP) is 4.56. The second-order valence-electron chi connectivity index (χ2n) is 8.67. The molecule has 0 spiro atoms. The number of aromatic nitrogens is 2. The summed E-state index contributed by atoms with van der Waals surface area (Å²) in [7, 11) is 0. The van der Waals surface area contributed by atoms with Crippen LogP contribution < -0.4 is 15.5 Å². The maximum absolute atomic E-state index is 14.7. The summed E-state index contributed by atoms with van der Waals surface area (Å²) in [6, 6.07) is 10.0. The van der Waals surface area contributed by atoms with Crippen LogP contribution in [0.15, 0.2) is 42.6 Å². The lowest BCUT2D eigenvalue weighted by Gasteiger charge is -2.31. The molecule has 0 atom stereocenters. The molecule has 36 heavy (non-hydrogen) atoms. The highest BCUT2D eigenvalue weighted by atomic mass is 35.5. The first kappa shape index (κ1) is 24.4. The molecule has 1 saturated heterocycles. The minimum absolute atomic E-state index is 0.00151. The van der Waals surface area contributed by atoms with E-state index in [0.717, 1.165) is 36.4 Å². The second kappa shape index (κ2) is 11.2. The number of hydrogen-bond donors (Lipinski definition) is 2. The zero-order valence-electron chi connectivity index (χ0n) is 19.7. The zero-order valence-corrected chi connectivity index (χ0v) is 20.5. The Labute approximate surface area is 213 Å². The van der Waals surface area contributed by atoms with Gasteiger partial charge in [-0.2, -0.15) is 0 Å². The molecule has 8 nitrogen and oxygen atoms in total. The molecule has 3 aliphatic heterocycles. The molecule has 2 N–H and O–H groups in total. The van der Waals surface area contributed by atoms with E-state index in [1.807, 2.05) is 12.1 Å². The average molecular weight is 512 g/mol. The van der Waals surface area contributed by atoms with Crippen molar-refractivity contribution >= 4 is 34.8 Å². The van der Waals surface area contributed by atoms with Crippen LogP contribution >= 0.6 is 11.6 Å². The number of morpholine rings is 1. The molecular formula is C26H27ClFN5O3. The van der Waals surface area contributed by atoms with Gasteiger partial charge in [0.2, 0.25) is 5.95 Å². The number of amides is 1. The highest BCUT2D eigenvalue weighted by Crippen LogP contribution is 2.35. The fourth-order valence-corrected chi connectivity index (χ4v) is 4.71. The van der Waals surface area contributed by atoms with Gasteiger partial charge in [0.1, 0.15) is 5.82 Å². The number of benzene rings is 2. The summed E-state index contributed by atoms with van der Waals surface area (Å²) in [5.74, 6) is -0.701. The van der Waals surface area contributed by atoms with Gasteiger partial charge >= 0.3 is 0 Å². The first-order valence-electron chi connectivity index (χ1n) is 12.0. The Morgan fingerprint density at radius 2 is 1.89 bits per heavy atom. The van der Waals surface area contributed by atoms with E-state index in [1.165, 1.54) is 12.1 Å². The van der Waals surface area contributed by atoms with Gasteiger partial charge in [0.15, 0.2) is 0 Å². The number of rotatable bonds is 1. The summed E-state index contributed by atoms with van der Waals surface area (Å²) in [6.07, 6.45) is 3.06. The molecule has 0 aliphatic carbocycles. The Morgan fingerprint density at radius 1 is 1.03 bits per heavy atom. The Bertz CT molecular complexity index is 1250. The summed E-state index contributed by atoms with van der Waals surface area (Å²) >= 11 is 6.78. The van der Waals surface area contributed by atoms with Crippen LogP contribution in [0, 0.1) is 5.82 Å². The maximum Gasteiger partial charge on any atom is 0.254 e. The molecule has 1 fully saturated rings. The second-order valence-corrected chi connectivity index (χ2v) is 9.07. The van der Waals surface area contributed by atoms with E-state index >= 15 is 0 Å². The Kier molecular flexibility index (Phi) is 7.60. The molecule has 6 rings (SSSR count). The summed E-state index contributed by atoms with van der Waals surface area (Å²) < 4.78 is 26.2. The van der Waals surface area contributed by atoms with E-state index < -0.39 is 11.7 Å². The maximum atomic E-state index is 14.7. The lowest BCUT2D eigenvalue weighted by molar-refractivity contribution is 0.0942. The van der Waals surface area contributed by atoms with Crippen molar-refractivity contribution in [3.63, 3.8) is 0 Å². The van der Waals surface area contributed by atoms with Gasteiger partial charge in [-0.3, -0.25) is 4.79 Å². The Hall–Kier alpha value is -3.27.